The first kappa shape index (κ1) is 17.7. The van der Waals surface area contributed by atoms with Crippen LogP contribution in [-0.2, 0) is 6.54 Å². The van der Waals surface area contributed by atoms with E-state index in [2.05, 4.69) is 50.9 Å². The maximum Gasteiger partial charge on any atom is 0.118 e. The average Bonchev–Trinajstić information content (AvgIpc) is 3.25. The van der Waals surface area contributed by atoms with Gasteiger partial charge in [0.1, 0.15) is 5.75 Å². The van der Waals surface area contributed by atoms with Crippen molar-refractivity contribution >= 4 is 23.9 Å². The highest BCUT2D eigenvalue weighted by atomic mass is 35.5. The minimum Gasteiger partial charge on any atom is -0.497 e. The molecule has 0 radical (unpaired) electrons. The summed E-state index contributed by atoms with van der Waals surface area (Å²) in [6.07, 6.45) is 2.01. The van der Waals surface area contributed by atoms with Crippen LogP contribution in [0, 0.1) is 11.8 Å². The van der Waals surface area contributed by atoms with Crippen molar-refractivity contribution in [3.63, 3.8) is 0 Å². The Hall–Kier alpha value is -1.14. The monoisotopic (exact) mass is 365 g/mol. The van der Waals surface area contributed by atoms with Crippen molar-refractivity contribution in [3.8, 4) is 5.75 Å². The molecule has 2 saturated heterocycles. The quantitative estimate of drug-likeness (QED) is 0.831. The summed E-state index contributed by atoms with van der Waals surface area (Å²) in [6, 6.07) is 9.15. The second-order valence-electron chi connectivity index (χ2n) is 6.81. The van der Waals surface area contributed by atoms with Gasteiger partial charge in [-0.1, -0.05) is 12.1 Å². The molecule has 6 heteroatoms. The van der Waals surface area contributed by atoms with E-state index in [1.807, 2.05) is 6.20 Å². The Kier molecular flexibility index (Phi) is 5.45. The molecule has 130 valence electrons. The lowest BCUT2D eigenvalue weighted by Gasteiger charge is -2.26. The first-order valence-corrected chi connectivity index (χ1v) is 9.03. The summed E-state index contributed by atoms with van der Waals surface area (Å²) in [5.41, 5.74) is 2.77. The zero-order chi connectivity index (χ0) is 15.8. The van der Waals surface area contributed by atoms with Gasteiger partial charge in [0.2, 0.25) is 0 Å². The van der Waals surface area contributed by atoms with Gasteiger partial charge in [0.05, 0.1) is 7.11 Å². The maximum atomic E-state index is 5.29. The van der Waals surface area contributed by atoms with Crippen LogP contribution in [-0.4, -0.2) is 48.0 Å². The van der Waals surface area contributed by atoms with E-state index in [4.69, 9.17) is 4.74 Å². The second-order valence-corrected chi connectivity index (χ2v) is 7.47. The van der Waals surface area contributed by atoms with E-state index in [0.29, 0.717) is 6.04 Å². The van der Waals surface area contributed by atoms with Crippen LogP contribution >= 0.6 is 23.9 Å². The smallest absolute Gasteiger partial charge is 0.118 e. The molecule has 0 unspecified atom stereocenters. The van der Waals surface area contributed by atoms with Gasteiger partial charge in [-0.3, -0.25) is 9.80 Å². The van der Waals surface area contributed by atoms with Gasteiger partial charge < -0.3 is 4.74 Å². The van der Waals surface area contributed by atoms with E-state index in [0.717, 1.165) is 24.1 Å². The van der Waals surface area contributed by atoms with Crippen molar-refractivity contribution in [1.29, 1.82) is 0 Å². The first-order valence-electron chi connectivity index (χ1n) is 8.19. The van der Waals surface area contributed by atoms with Gasteiger partial charge in [0, 0.05) is 43.8 Å². The Morgan fingerprint density at radius 3 is 2.67 bits per heavy atom. The number of methoxy groups -OCH3 is 1. The molecular weight excluding hydrogens is 342 g/mol. The molecule has 4 nitrogen and oxygen atoms in total. The zero-order valence-corrected chi connectivity index (χ0v) is 15.7. The van der Waals surface area contributed by atoms with Crippen LogP contribution in [0.4, 0.5) is 0 Å². The largest absolute Gasteiger partial charge is 0.497 e. The lowest BCUT2D eigenvalue weighted by molar-refractivity contribution is 0.224. The fourth-order valence-corrected chi connectivity index (χ4v) is 4.87. The summed E-state index contributed by atoms with van der Waals surface area (Å²) < 4.78 is 9.52. The molecule has 2 aliphatic heterocycles. The molecule has 2 aliphatic rings. The molecule has 1 aromatic heterocycles. The summed E-state index contributed by atoms with van der Waals surface area (Å²) in [5.74, 6) is 2.43. The molecule has 0 N–H and O–H groups in total. The molecule has 3 atom stereocenters. The Balaban J connectivity index is 0.00000169. The number of rotatable bonds is 4. The SMILES string of the molecule is COc1ccc([C@@H]2[C@@H]3CN(Cc4cnsc4)C[C@@H]3CN2C)cc1.Cl. The van der Waals surface area contributed by atoms with Crippen LogP contribution in [0.2, 0.25) is 0 Å². The number of benzene rings is 1. The number of hydrogen-bond acceptors (Lipinski definition) is 5. The highest BCUT2D eigenvalue weighted by Gasteiger charge is 2.45. The molecule has 0 amide bonds. The van der Waals surface area contributed by atoms with Crippen molar-refractivity contribution in [2.45, 2.75) is 12.6 Å². The van der Waals surface area contributed by atoms with Gasteiger partial charge in [0.15, 0.2) is 0 Å². The van der Waals surface area contributed by atoms with Gasteiger partial charge in [0.25, 0.3) is 0 Å². The van der Waals surface area contributed by atoms with E-state index in [1.165, 1.54) is 30.8 Å². The number of ether oxygens (including phenoxy) is 1. The van der Waals surface area contributed by atoms with Crippen molar-refractivity contribution < 1.29 is 4.74 Å². The number of aromatic nitrogens is 1. The van der Waals surface area contributed by atoms with Gasteiger partial charge in [-0.2, -0.15) is 0 Å². The molecule has 3 heterocycles. The van der Waals surface area contributed by atoms with Crippen LogP contribution in [0.25, 0.3) is 0 Å². The van der Waals surface area contributed by atoms with Crippen LogP contribution in [0.1, 0.15) is 17.2 Å². The topological polar surface area (TPSA) is 28.6 Å². The lowest BCUT2D eigenvalue weighted by Crippen LogP contribution is -2.28. The number of halogens is 1. The molecule has 2 aromatic rings. The van der Waals surface area contributed by atoms with Gasteiger partial charge >= 0.3 is 0 Å². The number of fused-ring (bicyclic) bond motifs is 1. The predicted molar refractivity (Wildman–Crippen MR) is 100.0 cm³/mol. The molecular formula is C18H24ClN3OS. The van der Waals surface area contributed by atoms with Crippen LogP contribution in [0.15, 0.2) is 35.8 Å². The molecule has 2 fully saturated rings. The molecule has 0 bridgehead atoms. The van der Waals surface area contributed by atoms with Crippen LogP contribution in [0.3, 0.4) is 0 Å². The number of likely N-dealkylation sites (tertiary alicyclic amines) is 2. The van der Waals surface area contributed by atoms with E-state index in [9.17, 15) is 0 Å². The van der Waals surface area contributed by atoms with E-state index in [1.54, 1.807) is 18.6 Å². The predicted octanol–water partition coefficient (Wildman–Crippen LogP) is 3.31. The standard InChI is InChI=1S/C18H23N3OS.ClH/c1-20-9-15-10-21(8-13-7-19-23-12-13)11-17(15)18(20)14-3-5-16(22-2)6-4-14;/h3-7,12,15,17-18H,8-11H2,1-2H3;1H/t15-,17+,18+;/m0./s1. The fraction of sp³-hybridized carbons (Fsp3) is 0.500. The third kappa shape index (κ3) is 3.31. The second kappa shape index (κ2) is 7.40. The van der Waals surface area contributed by atoms with E-state index >= 15 is 0 Å². The summed E-state index contributed by atoms with van der Waals surface area (Å²) in [6.45, 7) is 4.63. The zero-order valence-electron chi connectivity index (χ0n) is 14.1. The van der Waals surface area contributed by atoms with Crippen molar-refractivity contribution in [2.75, 3.05) is 33.8 Å². The Morgan fingerprint density at radius 2 is 2.00 bits per heavy atom. The Bertz CT molecular complexity index is 649. The van der Waals surface area contributed by atoms with E-state index in [-0.39, 0.29) is 12.4 Å². The normalized spacial score (nSPS) is 27.0. The summed E-state index contributed by atoms with van der Waals surface area (Å²) in [4.78, 5) is 5.13. The number of nitrogens with zero attached hydrogens (tertiary/aromatic N) is 3. The lowest BCUT2D eigenvalue weighted by atomic mass is 9.89. The molecule has 1 aromatic carbocycles. The summed E-state index contributed by atoms with van der Waals surface area (Å²) >= 11 is 1.55. The summed E-state index contributed by atoms with van der Waals surface area (Å²) in [7, 11) is 3.99. The molecule has 0 aliphatic carbocycles. The highest BCUT2D eigenvalue weighted by Crippen LogP contribution is 2.44. The van der Waals surface area contributed by atoms with Crippen molar-refractivity contribution in [2.24, 2.45) is 11.8 Å². The van der Waals surface area contributed by atoms with Gasteiger partial charge in [-0.05, 0) is 53.7 Å². The Labute approximate surface area is 154 Å². The minimum absolute atomic E-state index is 0. The van der Waals surface area contributed by atoms with Gasteiger partial charge in [-0.25, -0.2) is 4.37 Å². The molecule has 0 spiro atoms. The van der Waals surface area contributed by atoms with Crippen LogP contribution < -0.4 is 4.74 Å². The third-order valence-electron chi connectivity index (χ3n) is 5.32. The maximum absolute atomic E-state index is 5.29. The summed E-state index contributed by atoms with van der Waals surface area (Å²) in [5, 5.41) is 2.17. The first-order chi connectivity index (χ1) is 11.2. The third-order valence-corrected chi connectivity index (χ3v) is 5.95. The highest BCUT2D eigenvalue weighted by molar-refractivity contribution is 7.03. The number of hydrogen-bond donors (Lipinski definition) is 0. The van der Waals surface area contributed by atoms with E-state index < -0.39 is 0 Å². The molecule has 24 heavy (non-hydrogen) atoms. The fourth-order valence-electron chi connectivity index (χ4n) is 4.34. The molecule has 4 rings (SSSR count). The molecule has 0 saturated carbocycles. The van der Waals surface area contributed by atoms with Gasteiger partial charge in [-0.15, -0.1) is 12.4 Å². The Morgan fingerprint density at radius 1 is 1.21 bits per heavy atom. The van der Waals surface area contributed by atoms with Crippen molar-refractivity contribution in [3.05, 3.63) is 47.0 Å². The van der Waals surface area contributed by atoms with Crippen molar-refractivity contribution in [1.82, 2.24) is 14.2 Å². The van der Waals surface area contributed by atoms with Crippen LogP contribution in [0.5, 0.6) is 5.75 Å². The average molecular weight is 366 g/mol. The minimum atomic E-state index is 0.